The average Bonchev–Trinajstić information content (AvgIpc) is 2.64. The highest BCUT2D eigenvalue weighted by atomic mass is 35.5. The lowest BCUT2D eigenvalue weighted by atomic mass is 9.80. The molecule has 0 aromatic heterocycles. The van der Waals surface area contributed by atoms with Gasteiger partial charge >= 0.3 is 0 Å². The number of carbonyl (C=O) groups is 1. The number of amides is 1. The van der Waals surface area contributed by atoms with Gasteiger partial charge in [-0.2, -0.15) is 0 Å². The van der Waals surface area contributed by atoms with E-state index < -0.39 is 0 Å². The second-order valence-electron chi connectivity index (χ2n) is 6.39. The first-order chi connectivity index (χ1) is 8.77. The molecule has 1 amide bonds. The second-order valence-corrected chi connectivity index (χ2v) is 6.80. The number of nitrogens with zero attached hydrogens (tertiary/aromatic N) is 1. The molecule has 104 valence electrons. The Morgan fingerprint density at radius 2 is 2.11 bits per heavy atom. The van der Waals surface area contributed by atoms with Gasteiger partial charge < -0.3 is 10.6 Å². The summed E-state index contributed by atoms with van der Waals surface area (Å²) >= 11 is 6.16. The number of nitrogens with two attached hydrogens (primary N) is 1. The highest BCUT2D eigenvalue weighted by Gasteiger charge is 2.36. The fraction of sp³-hybridized carbons (Fsp3) is 0.533. The van der Waals surface area contributed by atoms with E-state index in [4.69, 9.17) is 17.3 Å². The smallest absolute Gasteiger partial charge is 0.223 e. The van der Waals surface area contributed by atoms with Crippen LogP contribution < -0.4 is 5.73 Å². The molecule has 1 unspecified atom stereocenters. The van der Waals surface area contributed by atoms with Crippen LogP contribution in [0.25, 0.3) is 0 Å². The van der Waals surface area contributed by atoms with Crippen molar-refractivity contribution in [3.63, 3.8) is 0 Å². The molecule has 0 saturated carbocycles. The summed E-state index contributed by atoms with van der Waals surface area (Å²) in [6, 6.07) is 5.46. The maximum Gasteiger partial charge on any atom is 0.223 e. The molecule has 1 aromatic rings. The molecule has 4 heteroatoms. The average molecular weight is 281 g/mol. The van der Waals surface area contributed by atoms with Gasteiger partial charge in [-0.25, -0.2) is 0 Å². The third-order valence-electron chi connectivity index (χ3n) is 3.88. The lowest BCUT2D eigenvalue weighted by molar-refractivity contribution is -0.128. The molecule has 1 heterocycles. The summed E-state index contributed by atoms with van der Waals surface area (Å²) in [7, 11) is 0. The molecule has 2 N–H and O–H groups in total. The van der Waals surface area contributed by atoms with E-state index in [1.54, 1.807) is 6.07 Å². The predicted octanol–water partition coefficient (Wildman–Crippen LogP) is 3.32. The first kappa shape index (κ1) is 14.2. The highest BCUT2D eigenvalue weighted by molar-refractivity contribution is 6.31. The van der Waals surface area contributed by atoms with Crippen LogP contribution in [0.2, 0.25) is 5.02 Å². The van der Waals surface area contributed by atoms with Gasteiger partial charge in [0, 0.05) is 30.2 Å². The molecule has 0 bridgehead atoms. The summed E-state index contributed by atoms with van der Waals surface area (Å²) in [6.07, 6.45) is 0.635. The van der Waals surface area contributed by atoms with Crippen LogP contribution in [-0.2, 0) is 11.3 Å². The summed E-state index contributed by atoms with van der Waals surface area (Å²) in [5.41, 5.74) is 7.44. The first-order valence-electron chi connectivity index (χ1n) is 6.59. The van der Waals surface area contributed by atoms with E-state index in [0.29, 0.717) is 29.6 Å². The molecular formula is C15H21ClN2O. The number of anilines is 1. The van der Waals surface area contributed by atoms with Crippen LogP contribution in [0.1, 0.15) is 32.8 Å². The third-order valence-corrected chi connectivity index (χ3v) is 4.23. The van der Waals surface area contributed by atoms with E-state index in [-0.39, 0.29) is 11.3 Å². The standard InChI is InChI=1S/C15H21ClN2O/c1-15(2,3)11-6-14(19)18(9-11)8-10-4-5-12(17)7-13(10)16/h4-5,7,11H,6,8-9,17H2,1-3H3. The van der Waals surface area contributed by atoms with E-state index in [1.165, 1.54) is 0 Å². The Labute approximate surface area is 119 Å². The summed E-state index contributed by atoms with van der Waals surface area (Å²) < 4.78 is 0. The fourth-order valence-electron chi connectivity index (χ4n) is 2.40. The maximum absolute atomic E-state index is 12.1. The fourth-order valence-corrected chi connectivity index (χ4v) is 2.65. The minimum Gasteiger partial charge on any atom is -0.399 e. The molecule has 1 fully saturated rings. The van der Waals surface area contributed by atoms with E-state index in [2.05, 4.69) is 20.8 Å². The third kappa shape index (κ3) is 3.21. The van der Waals surface area contributed by atoms with Crippen molar-refractivity contribution in [3.8, 4) is 0 Å². The van der Waals surface area contributed by atoms with E-state index >= 15 is 0 Å². The Balaban J connectivity index is 2.10. The summed E-state index contributed by atoms with van der Waals surface area (Å²) in [5.74, 6) is 0.625. The van der Waals surface area contributed by atoms with Gasteiger partial charge in [0.15, 0.2) is 0 Å². The van der Waals surface area contributed by atoms with Crippen LogP contribution in [-0.4, -0.2) is 17.4 Å². The topological polar surface area (TPSA) is 46.3 Å². The zero-order valence-corrected chi connectivity index (χ0v) is 12.5. The number of carbonyl (C=O) groups excluding carboxylic acids is 1. The van der Waals surface area contributed by atoms with Crippen LogP contribution in [0, 0.1) is 11.3 Å². The van der Waals surface area contributed by atoms with Crippen molar-refractivity contribution >= 4 is 23.2 Å². The first-order valence-corrected chi connectivity index (χ1v) is 6.97. The van der Waals surface area contributed by atoms with Crippen LogP contribution >= 0.6 is 11.6 Å². The van der Waals surface area contributed by atoms with E-state index in [0.717, 1.165) is 12.1 Å². The molecule has 3 nitrogen and oxygen atoms in total. The number of halogens is 1. The van der Waals surface area contributed by atoms with Gasteiger partial charge in [0.2, 0.25) is 5.91 Å². The van der Waals surface area contributed by atoms with Crippen molar-refractivity contribution in [2.75, 3.05) is 12.3 Å². The predicted molar refractivity (Wildman–Crippen MR) is 78.8 cm³/mol. The quantitative estimate of drug-likeness (QED) is 0.845. The number of rotatable bonds is 2. The molecule has 2 rings (SSSR count). The maximum atomic E-state index is 12.1. The Bertz CT molecular complexity index is 493. The van der Waals surface area contributed by atoms with Gasteiger partial charge in [-0.3, -0.25) is 4.79 Å². The van der Waals surface area contributed by atoms with E-state index in [1.807, 2.05) is 17.0 Å². The van der Waals surface area contributed by atoms with Crippen molar-refractivity contribution in [3.05, 3.63) is 28.8 Å². The zero-order chi connectivity index (χ0) is 14.2. The highest BCUT2D eigenvalue weighted by Crippen LogP contribution is 2.35. The van der Waals surface area contributed by atoms with Gasteiger partial charge in [0.25, 0.3) is 0 Å². The monoisotopic (exact) mass is 280 g/mol. The molecule has 1 atom stereocenters. The number of likely N-dealkylation sites (tertiary alicyclic amines) is 1. The lowest BCUT2D eigenvalue weighted by Gasteiger charge is -2.26. The largest absolute Gasteiger partial charge is 0.399 e. The zero-order valence-electron chi connectivity index (χ0n) is 11.7. The molecule has 1 saturated heterocycles. The van der Waals surface area contributed by atoms with Gasteiger partial charge in [0.1, 0.15) is 0 Å². The Morgan fingerprint density at radius 1 is 1.42 bits per heavy atom. The van der Waals surface area contributed by atoms with Crippen molar-refractivity contribution in [2.45, 2.75) is 33.7 Å². The van der Waals surface area contributed by atoms with Gasteiger partial charge in [-0.15, -0.1) is 0 Å². The molecule has 0 radical (unpaired) electrons. The molecule has 19 heavy (non-hydrogen) atoms. The molecule has 1 aliphatic heterocycles. The van der Waals surface area contributed by atoms with Crippen molar-refractivity contribution in [1.29, 1.82) is 0 Å². The van der Waals surface area contributed by atoms with Crippen LogP contribution in [0.5, 0.6) is 0 Å². The van der Waals surface area contributed by atoms with Gasteiger partial charge in [-0.05, 0) is 29.0 Å². The number of benzene rings is 1. The van der Waals surface area contributed by atoms with E-state index in [9.17, 15) is 4.79 Å². The Kier molecular flexibility index (Phi) is 3.77. The van der Waals surface area contributed by atoms with Crippen molar-refractivity contribution in [2.24, 2.45) is 11.3 Å². The van der Waals surface area contributed by atoms with Gasteiger partial charge in [0.05, 0.1) is 0 Å². The number of hydrogen-bond acceptors (Lipinski definition) is 2. The minimum absolute atomic E-state index is 0.162. The SMILES string of the molecule is CC(C)(C)C1CC(=O)N(Cc2ccc(N)cc2Cl)C1. The number of hydrogen-bond donors (Lipinski definition) is 1. The van der Waals surface area contributed by atoms with Crippen LogP contribution in [0.4, 0.5) is 5.69 Å². The summed E-state index contributed by atoms with van der Waals surface area (Å²) in [6.45, 7) is 7.94. The molecule has 0 spiro atoms. The number of nitrogen functional groups attached to an aromatic ring is 1. The van der Waals surface area contributed by atoms with Gasteiger partial charge in [-0.1, -0.05) is 38.4 Å². The molecule has 1 aromatic carbocycles. The van der Waals surface area contributed by atoms with Crippen molar-refractivity contribution in [1.82, 2.24) is 4.90 Å². The second kappa shape index (κ2) is 5.04. The minimum atomic E-state index is 0.162. The molecular weight excluding hydrogens is 260 g/mol. The Morgan fingerprint density at radius 3 is 2.63 bits per heavy atom. The summed E-state index contributed by atoms with van der Waals surface area (Å²) in [4.78, 5) is 14.0. The van der Waals surface area contributed by atoms with Crippen molar-refractivity contribution < 1.29 is 4.79 Å². The lowest BCUT2D eigenvalue weighted by Crippen LogP contribution is -2.27. The Hall–Kier alpha value is -1.22. The molecule has 1 aliphatic rings. The van der Waals surface area contributed by atoms with Crippen LogP contribution in [0.3, 0.4) is 0 Å². The summed E-state index contributed by atoms with van der Waals surface area (Å²) in [5, 5.41) is 0.631. The normalized spacial score (nSPS) is 20.1. The van der Waals surface area contributed by atoms with Crippen LogP contribution in [0.15, 0.2) is 18.2 Å². The molecule has 0 aliphatic carbocycles.